The van der Waals surface area contributed by atoms with Gasteiger partial charge in [0.1, 0.15) is 18.1 Å². The lowest BCUT2D eigenvalue weighted by Crippen LogP contribution is -2.14. The van der Waals surface area contributed by atoms with Crippen molar-refractivity contribution in [3.63, 3.8) is 0 Å². The summed E-state index contributed by atoms with van der Waals surface area (Å²) in [7, 11) is 0. The van der Waals surface area contributed by atoms with E-state index in [1.54, 1.807) is 24.3 Å². The van der Waals surface area contributed by atoms with Crippen LogP contribution in [0.4, 0.5) is 0 Å². The van der Waals surface area contributed by atoms with E-state index in [1.165, 1.54) is 10.8 Å². The SMILES string of the molecule is O=C(O)c1cnc(Br)n1CCOc1ccc(Cl)cc1. The van der Waals surface area contributed by atoms with Gasteiger partial charge in [-0.2, -0.15) is 0 Å². The number of aromatic nitrogens is 2. The second-order valence-corrected chi connectivity index (χ2v) is 4.82. The number of carboxylic acids is 1. The molecule has 0 saturated heterocycles. The Hall–Kier alpha value is -1.53. The van der Waals surface area contributed by atoms with Crippen molar-refractivity contribution in [3.8, 4) is 5.75 Å². The molecule has 0 atom stereocenters. The van der Waals surface area contributed by atoms with Crippen LogP contribution in [0.25, 0.3) is 0 Å². The highest BCUT2D eigenvalue weighted by Gasteiger charge is 2.13. The fourth-order valence-electron chi connectivity index (χ4n) is 1.52. The first-order valence-corrected chi connectivity index (χ1v) is 6.57. The van der Waals surface area contributed by atoms with Crippen LogP contribution in [0.15, 0.2) is 35.2 Å². The number of aromatic carboxylic acids is 1. The van der Waals surface area contributed by atoms with Gasteiger partial charge in [-0.3, -0.25) is 0 Å². The number of carboxylic acid groups (broad SMARTS) is 1. The van der Waals surface area contributed by atoms with Gasteiger partial charge < -0.3 is 14.4 Å². The Labute approximate surface area is 122 Å². The molecule has 2 aromatic rings. The third-order valence-electron chi connectivity index (χ3n) is 2.42. The van der Waals surface area contributed by atoms with Crippen molar-refractivity contribution < 1.29 is 14.6 Å². The summed E-state index contributed by atoms with van der Waals surface area (Å²) in [6.07, 6.45) is 1.30. The van der Waals surface area contributed by atoms with Crippen LogP contribution in [0.3, 0.4) is 0 Å². The first-order valence-electron chi connectivity index (χ1n) is 5.40. The predicted octanol–water partition coefficient (Wildman–Crippen LogP) is 3.08. The van der Waals surface area contributed by atoms with Crippen LogP contribution in [0.1, 0.15) is 10.5 Å². The van der Waals surface area contributed by atoms with Crippen LogP contribution >= 0.6 is 27.5 Å². The molecule has 0 spiro atoms. The predicted molar refractivity (Wildman–Crippen MR) is 73.8 cm³/mol. The Balaban J connectivity index is 1.97. The minimum Gasteiger partial charge on any atom is -0.492 e. The molecule has 0 aliphatic carbocycles. The fraction of sp³-hybridized carbons (Fsp3) is 0.167. The molecule has 0 aliphatic heterocycles. The molecular formula is C12H10BrClN2O3. The number of rotatable bonds is 5. The van der Waals surface area contributed by atoms with Crippen molar-refractivity contribution in [2.24, 2.45) is 0 Å². The third-order valence-corrected chi connectivity index (χ3v) is 3.31. The van der Waals surface area contributed by atoms with E-state index in [4.69, 9.17) is 21.4 Å². The second kappa shape index (κ2) is 6.08. The average Bonchev–Trinajstić information content (AvgIpc) is 2.74. The van der Waals surface area contributed by atoms with Gasteiger partial charge in [0, 0.05) is 5.02 Å². The molecule has 0 bridgehead atoms. The second-order valence-electron chi connectivity index (χ2n) is 3.67. The number of halogens is 2. The quantitative estimate of drug-likeness (QED) is 0.904. The van der Waals surface area contributed by atoms with E-state index in [1.807, 2.05) is 0 Å². The third kappa shape index (κ3) is 3.48. The summed E-state index contributed by atoms with van der Waals surface area (Å²) in [6.45, 7) is 0.710. The monoisotopic (exact) mass is 344 g/mol. The van der Waals surface area contributed by atoms with E-state index in [0.717, 1.165) is 0 Å². The normalized spacial score (nSPS) is 10.4. The van der Waals surface area contributed by atoms with Gasteiger partial charge in [0.05, 0.1) is 12.7 Å². The Kier molecular flexibility index (Phi) is 4.44. The molecule has 0 aliphatic rings. The van der Waals surface area contributed by atoms with Gasteiger partial charge in [0.15, 0.2) is 4.73 Å². The number of ether oxygens (including phenoxy) is 1. The van der Waals surface area contributed by atoms with Gasteiger partial charge in [-0.1, -0.05) is 11.6 Å². The molecule has 0 unspecified atom stereocenters. The smallest absolute Gasteiger partial charge is 0.354 e. The molecule has 2 rings (SSSR count). The molecule has 0 radical (unpaired) electrons. The Bertz CT molecular complexity index is 583. The number of nitrogens with zero attached hydrogens (tertiary/aromatic N) is 2. The van der Waals surface area contributed by atoms with Gasteiger partial charge in [-0.25, -0.2) is 9.78 Å². The first-order chi connectivity index (χ1) is 9.08. The van der Waals surface area contributed by atoms with Gasteiger partial charge >= 0.3 is 5.97 Å². The fourth-order valence-corrected chi connectivity index (χ4v) is 2.12. The van der Waals surface area contributed by atoms with Gasteiger partial charge in [-0.15, -0.1) is 0 Å². The summed E-state index contributed by atoms with van der Waals surface area (Å²) in [5.41, 5.74) is 0.117. The highest BCUT2D eigenvalue weighted by molar-refractivity contribution is 9.10. The topological polar surface area (TPSA) is 64.3 Å². The van der Waals surface area contributed by atoms with Crippen LogP contribution in [0.2, 0.25) is 5.02 Å². The van der Waals surface area contributed by atoms with Crippen molar-refractivity contribution in [1.29, 1.82) is 0 Å². The highest BCUT2D eigenvalue weighted by atomic mass is 79.9. The number of hydrogen-bond acceptors (Lipinski definition) is 3. The lowest BCUT2D eigenvalue weighted by atomic mass is 10.3. The lowest BCUT2D eigenvalue weighted by Gasteiger charge is -2.09. The van der Waals surface area contributed by atoms with Crippen molar-refractivity contribution in [2.45, 2.75) is 6.54 Å². The number of hydrogen-bond donors (Lipinski definition) is 1. The zero-order chi connectivity index (χ0) is 13.8. The van der Waals surface area contributed by atoms with Gasteiger partial charge in [0.2, 0.25) is 0 Å². The van der Waals surface area contributed by atoms with E-state index >= 15 is 0 Å². The minimum atomic E-state index is -1.02. The number of imidazole rings is 1. The van der Waals surface area contributed by atoms with Crippen LogP contribution in [-0.2, 0) is 6.54 Å². The van der Waals surface area contributed by atoms with Crippen molar-refractivity contribution in [2.75, 3.05) is 6.61 Å². The highest BCUT2D eigenvalue weighted by Crippen LogP contribution is 2.16. The van der Waals surface area contributed by atoms with Crippen molar-refractivity contribution in [1.82, 2.24) is 9.55 Å². The van der Waals surface area contributed by atoms with E-state index in [-0.39, 0.29) is 5.69 Å². The Morgan fingerprint density at radius 3 is 2.74 bits per heavy atom. The molecule has 1 heterocycles. The zero-order valence-electron chi connectivity index (χ0n) is 9.72. The molecule has 5 nitrogen and oxygen atoms in total. The summed E-state index contributed by atoms with van der Waals surface area (Å²) < 4.78 is 7.49. The largest absolute Gasteiger partial charge is 0.492 e. The van der Waals surface area contributed by atoms with Gasteiger partial charge in [0.25, 0.3) is 0 Å². The summed E-state index contributed by atoms with van der Waals surface area (Å²) in [4.78, 5) is 14.9. The zero-order valence-corrected chi connectivity index (χ0v) is 12.1. The van der Waals surface area contributed by atoms with E-state index in [9.17, 15) is 4.79 Å². The van der Waals surface area contributed by atoms with Crippen molar-refractivity contribution >= 4 is 33.5 Å². The van der Waals surface area contributed by atoms with E-state index in [0.29, 0.717) is 28.7 Å². The van der Waals surface area contributed by atoms with Crippen LogP contribution in [-0.4, -0.2) is 27.2 Å². The standard InChI is InChI=1S/C12H10BrClN2O3/c13-12-15-7-10(11(17)18)16(12)5-6-19-9-3-1-8(14)2-4-9/h1-4,7H,5-6H2,(H,17,18). The molecule has 1 aromatic carbocycles. The van der Waals surface area contributed by atoms with E-state index < -0.39 is 5.97 Å². The molecule has 0 amide bonds. The molecule has 0 fully saturated rings. The number of carbonyl (C=O) groups is 1. The lowest BCUT2D eigenvalue weighted by molar-refractivity contribution is 0.0683. The molecule has 1 N–H and O–H groups in total. The Morgan fingerprint density at radius 2 is 2.11 bits per heavy atom. The molecular weight excluding hydrogens is 336 g/mol. The maximum atomic E-state index is 11.0. The molecule has 7 heteroatoms. The average molecular weight is 346 g/mol. The first kappa shape index (κ1) is 13.9. The van der Waals surface area contributed by atoms with Crippen LogP contribution < -0.4 is 4.74 Å². The summed E-state index contributed by atoms with van der Waals surface area (Å²) >= 11 is 8.96. The summed E-state index contributed by atoms with van der Waals surface area (Å²) in [6, 6.07) is 6.96. The molecule has 1 aromatic heterocycles. The summed E-state index contributed by atoms with van der Waals surface area (Å²) in [5, 5.41) is 9.63. The molecule has 100 valence electrons. The van der Waals surface area contributed by atoms with Gasteiger partial charge in [-0.05, 0) is 40.2 Å². The maximum absolute atomic E-state index is 11.0. The van der Waals surface area contributed by atoms with E-state index in [2.05, 4.69) is 20.9 Å². The summed E-state index contributed by atoms with van der Waals surface area (Å²) in [5.74, 6) is -0.345. The minimum absolute atomic E-state index is 0.117. The van der Waals surface area contributed by atoms with Crippen molar-refractivity contribution in [3.05, 3.63) is 45.9 Å². The van der Waals surface area contributed by atoms with Crippen LogP contribution in [0.5, 0.6) is 5.75 Å². The molecule has 19 heavy (non-hydrogen) atoms. The molecule has 0 saturated carbocycles. The maximum Gasteiger partial charge on any atom is 0.354 e. The van der Waals surface area contributed by atoms with Crippen LogP contribution in [0, 0.1) is 0 Å². The number of benzene rings is 1. The Morgan fingerprint density at radius 1 is 1.42 bits per heavy atom.